The van der Waals surface area contributed by atoms with Gasteiger partial charge in [-0.05, 0) is 56.3 Å². The molecule has 146 valence electrons. The summed E-state index contributed by atoms with van der Waals surface area (Å²) in [7, 11) is -3.82. The number of anilines is 1. The van der Waals surface area contributed by atoms with Gasteiger partial charge >= 0.3 is 6.03 Å². The maximum atomic E-state index is 12.3. The number of urea groups is 1. The lowest BCUT2D eigenvalue weighted by Gasteiger charge is -2.33. The van der Waals surface area contributed by atoms with Crippen molar-refractivity contribution < 1.29 is 17.6 Å². The van der Waals surface area contributed by atoms with Crippen LogP contribution < -0.4 is 15.8 Å². The molecule has 1 atom stereocenters. The highest BCUT2D eigenvalue weighted by Gasteiger charge is 2.24. The number of carbonyl (C=O) groups is 1. The fraction of sp³-hybridized carbons (Fsp3) is 0.389. The van der Waals surface area contributed by atoms with Crippen molar-refractivity contribution in [2.24, 2.45) is 5.14 Å². The Kier molecular flexibility index (Phi) is 6.15. The van der Waals surface area contributed by atoms with Crippen LogP contribution >= 0.6 is 0 Å². The molecular weight excluding hydrogens is 368 g/mol. The number of nitrogens with zero attached hydrogens (tertiary/aromatic N) is 1. The molecule has 0 spiro atoms. The number of furan rings is 1. The quantitative estimate of drug-likeness (QED) is 0.697. The van der Waals surface area contributed by atoms with Crippen LogP contribution in [0.15, 0.2) is 52.0 Å². The summed E-state index contributed by atoms with van der Waals surface area (Å²) < 4.78 is 28.4. The van der Waals surface area contributed by atoms with E-state index in [0.717, 1.165) is 31.7 Å². The number of nitrogens with two attached hydrogens (primary N) is 1. The second-order valence-electron chi connectivity index (χ2n) is 6.54. The molecule has 0 bridgehead atoms. The van der Waals surface area contributed by atoms with Gasteiger partial charge in [0.05, 0.1) is 17.2 Å². The number of sulfonamides is 1. The summed E-state index contributed by atoms with van der Waals surface area (Å²) in [5, 5.41) is 10.6. The van der Waals surface area contributed by atoms with Crippen molar-refractivity contribution >= 4 is 21.7 Å². The highest BCUT2D eigenvalue weighted by Crippen LogP contribution is 2.24. The van der Waals surface area contributed by atoms with Gasteiger partial charge in [0, 0.05) is 12.2 Å². The number of nitrogens with one attached hydrogen (secondary N) is 2. The fourth-order valence-corrected chi connectivity index (χ4v) is 3.80. The molecule has 1 aromatic heterocycles. The first-order chi connectivity index (χ1) is 12.9. The Morgan fingerprint density at radius 1 is 1.19 bits per heavy atom. The van der Waals surface area contributed by atoms with Crippen LogP contribution in [0, 0.1) is 0 Å². The van der Waals surface area contributed by atoms with Crippen molar-refractivity contribution in [3.63, 3.8) is 0 Å². The van der Waals surface area contributed by atoms with E-state index in [1.807, 2.05) is 12.1 Å². The van der Waals surface area contributed by atoms with Crippen LogP contribution in [-0.2, 0) is 10.0 Å². The molecule has 1 saturated heterocycles. The Labute approximate surface area is 158 Å². The molecule has 2 heterocycles. The predicted octanol–water partition coefficient (Wildman–Crippen LogP) is 2.28. The molecule has 1 unspecified atom stereocenters. The number of amides is 2. The van der Waals surface area contributed by atoms with Crippen LogP contribution in [0.25, 0.3) is 0 Å². The van der Waals surface area contributed by atoms with E-state index in [9.17, 15) is 13.2 Å². The van der Waals surface area contributed by atoms with Crippen molar-refractivity contribution in [3.8, 4) is 0 Å². The molecule has 0 aliphatic carbocycles. The Bertz CT molecular complexity index is 861. The molecule has 8 nitrogen and oxygen atoms in total. The van der Waals surface area contributed by atoms with Crippen molar-refractivity contribution in [2.45, 2.75) is 30.2 Å². The third-order valence-electron chi connectivity index (χ3n) is 4.58. The van der Waals surface area contributed by atoms with Gasteiger partial charge in [0.25, 0.3) is 0 Å². The lowest BCUT2D eigenvalue weighted by molar-refractivity contribution is 0.144. The maximum Gasteiger partial charge on any atom is 0.319 e. The lowest BCUT2D eigenvalue weighted by Crippen LogP contribution is -2.41. The first-order valence-corrected chi connectivity index (χ1v) is 10.4. The highest BCUT2D eigenvalue weighted by atomic mass is 32.2. The Morgan fingerprint density at radius 3 is 2.63 bits per heavy atom. The van der Waals surface area contributed by atoms with Crippen LogP contribution in [0.5, 0.6) is 0 Å². The van der Waals surface area contributed by atoms with E-state index in [-0.39, 0.29) is 10.9 Å². The SMILES string of the molecule is NS(=O)(=O)c1cccc(NC(=O)NCC(c2ccco2)N2CCCCC2)c1. The van der Waals surface area contributed by atoms with E-state index in [1.54, 1.807) is 12.3 Å². The first-order valence-electron chi connectivity index (χ1n) is 8.88. The zero-order valence-electron chi connectivity index (χ0n) is 14.9. The number of carbonyl (C=O) groups excluding carboxylic acids is 1. The monoisotopic (exact) mass is 392 g/mol. The second-order valence-corrected chi connectivity index (χ2v) is 8.10. The minimum absolute atomic E-state index is 0.0400. The molecule has 1 aliphatic rings. The molecule has 27 heavy (non-hydrogen) atoms. The number of primary sulfonamides is 1. The standard InChI is InChI=1S/C18H24N4O4S/c19-27(24,25)15-7-4-6-14(12-15)21-18(23)20-13-16(17-8-5-11-26-17)22-9-2-1-3-10-22/h4-8,11-12,16H,1-3,9-10,13H2,(H2,19,24,25)(H2,20,21,23). The van der Waals surface area contributed by atoms with E-state index in [1.165, 1.54) is 24.6 Å². The molecule has 1 aromatic carbocycles. The molecule has 2 aromatic rings. The van der Waals surface area contributed by atoms with E-state index in [4.69, 9.17) is 9.56 Å². The summed E-state index contributed by atoms with van der Waals surface area (Å²) in [6, 6.07) is 9.11. The smallest absolute Gasteiger partial charge is 0.319 e. The Morgan fingerprint density at radius 2 is 1.96 bits per heavy atom. The van der Waals surface area contributed by atoms with E-state index >= 15 is 0 Å². The number of likely N-dealkylation sites (tertiary alicyclic amines) is 1. The van der Waals surface area contributed by atoms with Gasteiger partial charge in [-0.2, -0.15) is 0 Å². The molecule has 2 amide bonds. The summed E-state index contributed by atoms with van der Waals surface area (Å²) in [6.07, 6.45) is 5.11. The van der Waals surface area contributed by atoms with Gasteiger partial charge < -0.3 is 15.1 Å². The van der Waals surface area contributed by atoms with Crippen molar-refractivity contribution in [1.29, 1.82) is 0 Å². The highest BCUT2D eigenvalue weighted by molar-refractivity contribution is 7.89. The second kappa shape index (κ2) is 8.55. The summed E-state index contributed by atoms with van der Waals surface area (Å²) in [4.78, 5) is 14.5. The topological polar surface area (TPSA) is 118 Å². The van der Waals surface area contributed by atoms with Gasteiger partial charge in [-0.25, -0.2) is 18.4 Å². The summed E-state index contributed by atoms with van der Waals surface area (Å²) in [5.41, 5.74) is 0.353. The Balaban J connectivity index is 1.62. The average Bonchev–Trinajstić information content (AvgIpc) is 3.17. The third-order valence-corrected chi connectivity index (χ3v) is 5.49. The van der Waals surface area contributed by atoms with E-state index in [2.05, 4.69) is 15.5 Å². The largest absolute Gasteiger partial charge is 0.468 e. The van der Waals surface area contributed by atoms with Gasteiger partial charge in [0.2, 0.25) is 10.0 Å². The summed E-state index contributed by atoms with van der Waals surface area (Å²) in [5.74, 6) is 0.813. The molecule has 0 radical (unpaired) electrons. The van der Waals surface area contributed by atoms with Crippen molar-refractivity contribution in [3.05, 3.63) is 48.4 Å². The van der Waals surface area contributed by atoms with Crippen molar-refractivity contribution in [2.75, 3.05) is 25.0 Å². The van der Waals surface area contributed by atoms with Crippen LogP contribution in [0.4, 0.5) is 10.5 Å². The van der Waals surface area contributed by atoms with Gasteiger partial charge in [-0.3, -0.25) is 4.90 Å². The predicted molar refractivity (Wildman–Crippen MR) is 102 cm³/mol. The number of hydrogen-bond donors (Lipinski definition) is 3. The molecule has 3 rings (SSSR count). The Hall–Kier alpha value is -2.36. The number of rotatable bonds is 6. The van der Waals surface area contributed by atoms with Gasteiger partial charge in [0.1, 0.15) is 5.76 Å². The van der Waals surface area contributed by atoms with E-state index in [0.29, 0.717) is 12.2 Å². The normalized spacial score (nSPS) is 16.6. The fourth-order valence-electron chi connectivity index (χ4n) is 3.24. The zero-order valence-corrected chi connectivity index (χ0v) is 15.7. The zero-order chi connectivity index (χ0) is 19.3. The van der Waals surface area contributed by atoms with Crippen LogP contribution in [0.3, 0.4) is 0 Å². The number of hydrogen-bond acceptors (Lipinski definition) is 5. The molecule has 9 heteroatoms. The summed E-state index contributed by atoms with van der Waals surface area (Å²) >= 11 is 0. The minimum atomic E-state index is -3.82. The number of piperidine rings is 1. The van der Waals surface area contributed by atoms with Gasteiger partial charge in [-0.15, -0.1) is 0 Å². The number of benzene rings is 1. The van der Waals surface area contributed by atoms with Crippen LogP contribution in [-0.4, -0.2) is 39.0 Å². The van der Waals surface area contributed by atoms with Gasteiger partial charge in [0.15, 0.2) is 0 Å². The molecule has 0 saturated carbocycles. The lowest BCUT2D eigenvalue weighted by atomic mass is 10.1. The molecular formula is C18H24N4O4S. The minimum Gasteiger partial charge on any atom is -0.468 e. The van der Waals surface area contributed by atoms with E-state index < -0.39 is 16.1 Å². The summed E-state index contributed by atoms with van der Waals surface area (Å²) in [6.45, 7) is 2.31. The maximum absolute atomic E-state index is 12.3. The molecule has 1 aliphatic heterocycles. The van der Waals surface area contributed by atoms with Crippen LogP contribution in [0.2, 0.25) is 0 Å². The third kappa shape index (κ3) is 5.31. The van der Waals surface area contributed by atoms with Gasteiger partial charge in [-0.1, -0.05) is 12.5 Å². The molecule has 4 N–H and O–H groups in total. The molecule has 1 fully saturated rings. The van der Waals surface area contributed by atoms with Crippen LogP contribution in [0.1, 0.15) is 31.1 Å². The average molecular weight is 392 g/mol. The van der Waals surface area contributed by atoms with Crippen molar-refractivity contribution in [1.82, 2.24) is 10.2 Å². The first kappa shape index (κ1) is 19.4.